The smallest absolute Gasteiger partial charge is 0.279 e. The zero-order chi connectivity index (χ0) is 14.2. The molecule has 0 radical (unpaired) electrons. The van der Waals surface area contributed by atoms with Gasteiger partial charge in [0.15, 0.2) is 0 Å². The Kier molecular flexibility index (Phi) is 4.10. The van der Waals surface area contributed by atoms with Gasteiger partial charge in [-0.2, -0.15) is 12.7 Å². The van der Waals surface area contributed by atoms with Crippen molar-refractivity contribution in [3.8, 4) is 0 Å². The minimum Gasteiger partial charge on any atom is -0.312 e. The van der Waals surface area contributed by atoms with Gasteiger partial charge in [-0.15, -0.1) is 0 Å². The number of piperidine rings is 1. The fourth-order valence-corrected chi connectivity index (χ4v) is 4.46. The SMILES string of the molecule is CC1(CNS(=O)(=O)N2CCCCC2CNC2CC2)CC1. The molecule has 3 fully saturated rings. The van der Waals surface area contributed by atoms with Gasteiger partial charge in [0, 0.05) is 31.7 Å². The molecule has 1 atom stereocenters. The molecule has 2 saturated carbocycles. The van der Waals surface area contributed by atoms with Crippen molar-refractivity contribution in [3.63, 3.8) is 0 Å². The standard InChI is InChI=1S/C14H27N3O2S/c1-14(7-8-14)11-16-20(18,19)17-9-3-2-4-13(17)10-15-12-5-6-12/h12-13,15-16H,2-11H2,1H3. The molecule has 2 aliphatic carbocycles. The van der Waals surface area contributed by atoms with Gasteiger partial charge in [0.05, 0.1) is 0 Å². The van der Waals surface area contributed by atoms with Crippen molar-refractivity contribution in [2.24, 2.45) is 5.41 Å². The lowest BCUT2D eigenvalue weighted by molar-refractivity contribution is 0.241. The molecule has 1 aliphatic heterocycles. The molecule has 3 rings (SSSR count). The van der Waals surface area contributed by atoms with E-state index in [1.165, 1.54) is 12.8 Å². The third-order valence-electron chi connectivity index (χ3n) is 4.89. The van der Waals surface area contributed by atoms with Crippen LogP contribution in [0.4, 0.5) is 0 Å². The molecule has 0 aromatic heterocycles. The lowest BCUT2D eigenvalue weighted by Gasteiger charge is -2.35. The molecule has 2 N–H and O–H groups in total. The predicted molar refractivity (Wildman–Crippen MR) is 79.6 cm³/mol. The first-order valence-electron chi connectivity index (χ1n) is 7.98. The van der Waals surface area contributed by atoms with Crippen LogP contribution in [0.25, 0.3) is 0 Å². The largest absolute Gasteiger partial charge is 0.312 e. The summed E-state index contributed by atoms with van der Waals surface area (Å²) in [5.74, 6) is 0. The van der Waals surface area contributed by atoms with E-state index in [1.54, 1.807) is 4.31 Å². The van der Waals surface area contributed by atoms with Crippen molar-refractivity contribution in [3.05, 3.63) is 0 Å². The highest BCUT2D eigenvalue weighted by Gasteiger charge is 2.40. The Morgan fingerprint density at radius 2 is 1.95 bits per heavy atom. The summed E-state index contributed by atoms with van der Waals surface area (Å²) in [5.41, 5.74) is 0.213. The Morgan fingerprint density at radius 3 is 2.60 bits per heavy atom. The van der Waals surface area contributed by atoms with Crippen LogP contribution in [0.5, 0.6) is 0 Å². The second-order valence-electron chi connectivity index (χ2n) is 7.08. The summed E-state index contributed by atoms with van der Waals surface area (Å²) >= 11 is 0. The van der Waals surface area contributed by atoms with Crippen LogP contribution >= 0.6 is 0 Å². The highest BCUT2D eigenvalue weighted by molar-refractivity contribution is 7.87. The Hall–Kier alpha value is -0.170. The average Bonchev–Trinajstić information content (AvgIpc) is 3.33. The van der Waals surface area contributed by atoms with Gasteiger partial charge < -0.3 is 5.32 Å². The molecule has 6 heteroatoms. The molecule has 0 aromatic carbocycles. The number of nitrogens with zero attached hydrogens (tertiary/aromatic N) is 1. The Bertz CT molecular complexity index is 443. The Morgan fingerprint density at radius 1 is 1.20 bits per heavy atom. The molecular weight excluding hydrogens is 274 g/mol. The van der Waals surface area contributed by atoms with Crippen LogP contribution in [0.1, 0.15) is 51.9 Å². The summed E-state index contributed by atoms with van der Waals surface area (Å²) in [6.45, 7) is 4.22. The first-order chi connectivity index (χ1) is 9.49. The molecule has 3 aliphatic rings. The Balaban J connectivity index is 1.57. The van der Waals surface area contributed by atoms with Crippen LogP contribution in [-0.4, -0.2) is 44.4 Å². The summed E-state index contributed by atoms with van der Waals surface area (Å²) in [5, 5.41) is 3.48. The third kappa shape index (κ3) is 3.72. The van der Waals surface area contributed by atoms with E-state index in [1.807, 2.05) is 0 Å². The number of hydrogen-bond donors (Lipinski definition) is 2. The van der Waals surface area contributed by atoms with Crippen molar-refractivity contribution in [1.82, 2.24) is 14.3 Å². The maximum atomic E-state index is 12.5. The zero-order valence-electron chi connectivity index (χ0n) is 12.4. The van der Waals surface area contributed by atoms with Gasteiger partial charge in [-0.25, -0.2) is 4.72 Å². The normalized spacial score (nSPS) is 30.4. The minimum atomic E-state index is -3.31. The van der Waals surface area contributed by atoms with E-state index in [2.05, 4.69) is 17.0 Å². The van der Waals surface area contributed by atoms with Crippen molar-refractivity contribution in [1.29, 1.82) is 0 Å². The molecular formula is C14H27N3O2S. The van der Waals surface area contributed by atoms with Crippen molar-refractivity contribution >= 4 is 10.2 Å². The fraction of sp³-hybridized carbons (Fsp3) is 1.00. The monoisotopic (exact) mass is 301 g/mol. The number of hydrogen-bond acceptors (Lipinski definition) is 3. The number of nitrogens with one attached hydrogen (secondary N) is 2. The molecule has 0 bridgehead atoms. The molecule has 1 unspecified atom stereocenters. The van der Waals surface area contributed by atoms with E-state index in [-0.39, 0.29) is 11.5 Å². The minimum absolute atomic E-state index is 0.133. The van der Waals surface area contributed by atoms with E-state index in [9.17, 15) is 8.42 Å². The summed E-state index contributed by atoms with van der Waals surface area (Å²) in [7, 11) is -3.31. The topological polar surface area (TPSA) is 61.4 Å². The molecule has 1 saturated heterocycles. The highest BCUT2D eigenvalue weighted by atomic mass is 32.2. The maximum Gasteiger partial charge on any atom is 0.279 e. The zero-order valence-corrected chi connectivity index (χ0v) is 13.2. The number of rotatable bonds is 7. The van der Waals surface area contributed by atoms with Gasteiger partial charge in [0.25, 0.3) is 10.2 Å². The molecule has 116 valence electrons. The lowest BCUT2D eigenvalue weighted by atomic mass is 10.1. The summed E-state index contributed by atoms with van der Waals surface area (Å²) in [6, 6.07) is 0.772. The summed E-state index contributed by atoms with van der Waals surface area (Å²) in [6.07, 6.45) is 7.88. The van der Waals surface area contributed by atoms with Gasteiger partial charge in [0.2, 0.25) is 0 Å². The first-order valence-corrected chi connectivity index (χ1v) is 9.42. The predicted octanol–water partition coefficient (Wildman–Crippen LogP) is 1.23. The van der Waals surface area contributed by atoms with Crippen LogP contribution in [0.2, 0.25) is 0 Å². The van der Waals surface area contributed by atoms with Crippen molar-refractivity contribution in [2.75, 3.05) is 19.6 Å². The molecule has 0 amide bonds. The average molecular weight is 301 g/mol. The molecule has 0 spiro atoms. The van der Waals surface area contributed by atoms with Crippen LogP contribution < -0.4 is 10.0 Å². The third-order valence-corrected chi connectivity index (χ3v) is 6.49. The van der Waals surface area contributed by atoms with Crippen LogP contribution in [0.15, 0.2) is 0 Å². The molecule has 0 aromatic rings. The lowest BCUT2D eigenvalue weighted by Crippen LogP contribution is -2.53. The van der Waals surface area contributed by atoms with E-state index in [4.69, 9.17) is 0 Å². The fourth-order valence-electron chi connectivity index (χ4n) is 2.82. The van der Waals surface area contributed by atoms with Crippen LogP contribution in [0.3, 0.4) is 0 Å². The summed E-state index contributed by atoms with van der Waals surface area (Å²) in [4.78, 5) is 0. The van der Waals surface area contributed by atoms with Crippen molar-refractivity contribution in [2.45, 2.75) is 64.0 Å². The maximum absolute atomic E-state index is 12.5. The second kappa shape index (κ2) is 5.55. The Labute approximate surface area is 122 Å². The molecule has 5 nitrogen and oxygen atoms in total. The van der Waals surface area contributed by atoms with Gasteiger partial charge in [-0.3, -0.25) is 0 Å². The molecule has 1 heterocycles. The van der Waals surface area contributed by atoms with Crippen LogP contribution in [-0.2, 0) is 10.2 Å². The van der Waals surface area contributed by atoms with Gasteiger partial charge in [0.1, 0.15) is 0 Å². The van der Waals surface area contributed by atoms with Gasteiger partial charge in [-0.05, 0) is 43.9 Å². The molecule has 20 heavy (non-hydrogen) atoms. The second-order valence-corrected chi connectivity index (χ2v) is 8.79. The summed E-state index contributed by atoms with van der Waals surface area (Å²) < 4.78 is 29.6. The van der Waals surface area contributed by atoms with Gasteiger partial charge in [-0.1, -0.05) is 13.3 Å². The van der Waals surface area contributed by atoms with E-state index >= 15 is 0 Å². The van der Waals surface area contributed by atoms with E-state index < -0.39 is 10.2 Å². The highest BCUT2D eigenvalue weighted by Crippen LogP contribution is 2.44. The quantitative estimate of drug-likeness (QED) is 0.743. The first kappa shape index (κ1) is 14.8. The van der Waals surface area contributed by atoms with Crippen molar-refractivity contribution < 1.29 is 8.42 Å². The van der Waals surface area contributed by atoms with Gasteiger partial charge >= 0.3 is 0 Å². The van der Waals surface area contributed by atoms with E-state index in [0.29, 0.717) is 19.1 Å². The van der Waals surface area contributed by atoms with E-state index in [0.717, 1.165) is 38.6 Å². The van der Waals surface area contributed by atoms with Crippen LogP contribution in [0, 0.1) is 5.41 Å².